The second kappa shape index (κ2) is 4.52. The average Bonchev–Trinajstić information content (AvgIpc) is 2.74. The summed E-state index contributed by atoms with van der Waals surface area (Å²) in [5.74, 6) is 0. The minimum Gasteiger partial charge on any atom is -0.659 e. The van der Waals surface area contributed by atoms with E-state index >= 15 is 0 Å². The molecule has 0 saturated heterocycles. The van der Waals surface area contributed by atoms with Crippen LogP contribution in [0, 0.1) is 0 Å². The van der Waals surface area contributed by atoms with Crippen molar-refractivity contribution in [2.24, 2.45) is 0 Å². The van der Waals surface area contributed by atoms with E-state index in [2.05, 4.69) is 52.6 Å². The van der Waals surface area contributed by atoms with Crippen molar-refractivity contribution in [2.75, 3.05) is 0 Å². The van der Waals surface area contributed by atoms with E-state index in [0.29, 0.717) is 0 Å². The second-order valence-electron chi connectivity index (χ2n) is 7.12. The zero-order chi connectivity index (χ0) is 14.3. The molecule has 0 N–H and O–H groups in total. The van der Waals surface area contributed by atoms with Crippen molar-refractivity contribution in [3.8, 4) is 11.4 Å². The quantitative estimate of drug-likeness (QED) is 0.759. The number of rotatable bonds is 1. The Morgan fingerprint density at radius 3 is 2.11 bits per heavy atom. The van der Waals surface area contributed by atoms with Crippen molar-refractivity contribution in [1.82, 2.24) is 9.97 Å². The summed E-state index contributed by atoms with van der Waals surface area (Å²) < 4.78 is 0. The molecule has 0 bridgehead atoms. The molecule has 2 aromatic rings. The van der Waals surface area contributed by atoms with Crippen LogP contribution in [-0.4, -0.2) is 4.98 Å². The van der Waals surface area contributed by atoms with Crippen molar-refractivity contribution in [2.45, 2.75) is 52.4 Å². The third kappa shape index (κ3) is 2.89. The molecular formula is C17H23N2-. The molecule has 0 spiro atoms. The summed E-state index contributed by atoms with van der Waals surface area (Å²) in [5, 5.41) is 0. The van der Waals surface area contributed by atoms with Crippen LogP contribution in [0.1, 0.15) is 52.8 Å². The molecule has 0 atom stereocenters. The zero-order valence-electron chi connectivity index (χ0n) is 12.8. The molecule has 2 nitrogen and oxygen atoms in total. The van der Waals surface area contributed by atoms with E-state index in [4.69, 9.17) is 4.98 Å². The largest absolute Gasteiger partial charge is 0.659 e. The van der Waals surface area contributed by atoms with Crippen molar-refractivity contribution in [1.29, 1.82) is 0 Å². The molecule has 0 aliphatic rings. The highest BCUT2D eigenvalue weighted by atomic mass is 14.8. The van der Waals surface area contributed by atoms with Crippen LogP contribution in [0.2, 0.25) is 0 Å². The van der Waals surface area contributed by atoms with E-state index in [-0.39, 0.29) is 10.8 Å². The summed E-state index contributed by atoms with van der Waals surface area (Å²) in [4.78, 5) is 9.31. The Kier molecular flexibility index (Phi) is 3.29. The van der Waals surface area contributed by atoms with Crippen LogP contribution in [0.4, 0.5) is 0 Å². The Morgan fingerprint density at radius 1 is 0.947 bits per heavy atom. The van der Waals surface area contributed by atoms with Crippen LogP contribution < -0.4 is 4.98 Å². The summed E-state index contributed by atoms with van der Waals surface area (Å²) in [6.45, 7) is 13.3. The molecule has 0 aliphatic heterocycles. The number of pyridine rings is 1. The minimum absolute atomic E-state index is 0.0625. The topological polar surface area (TPSA) is 27.0 Å². The first-order valence-electron chi connectivity index (χ1n) is 6.80. The Balaban J connectivity index is 2.63. The molecule has 0 aromatic carbocycles. The van der Waals surface area contributed by atoms with Gasteiger partial charge in [0.05, 0.1) is 0 Å². The summed E-state index contributed by atoms with van der Waals surface area (Å²) in [7, 11) is 0. The third-order valence-corrected chi connectivity index (χ3v) is 3.25. The average molecular weight is 255 g/mol. The van der Waals surface area contributed by atoms with Crippen LogP contribution in [0.5, 0.6) is 0 Å². The summed E-state index contributed by atoms with van der Waals surface area (Å²) in [6, 6.07) is 8.22. The van der Waals surface area contributed by atoms with Gasteiger partial charge in [0.1, 0.15) is 0 Å². The smallest absolute Gasteiger partial charge is 0.0485 e. The maximum Gasteiger partial charge on any atom is 0.0485 e. The van der Waals surface area contributed by atoms with Gasteiger partial charge in [-0.05, 0) is 23.0 Å². The lowest BCUT2D eigenvalue weighted by molar-refractivity contribution is 0.568. The number of aromatic nitrogens is 2. The fourth-order valence-corrected chi connectivity index (χ4v) is 2.07. The molecule has 0 aliphatic carbocycles. The molecule has 2 heteroatoms. The van der Waals surface area contributed by atoms with Gasteiger partial charge >= 0.3 is 0 Å². The second-order valence-corrected chi connectivity index (χ2v) is 7.12. The van der Waals surface area contributed by atoms with E-state index in [1.54, 1.807) is 0 Å². The normalized spacial score (nSPS) is 12.7. The molecule has 2 heterocycles. The molecule has 0 radical (unpaired) electrons. The lowest BCUT2D eigenvalue weighted by Gasteiger charge is -2.24. The molecule has 19 heavy (non-hydrogen) atoms. The van der Waals surface area contributed by atoms with Crippen LogP contribution >= 0.6 is 0 Å². The van der Waals surface area contributed by atoms with Gasteiger partial charge in [0.2, 0.25) is 0 Å². The number of hydrogen-bond donors (Lipinski definition) is 0. The van der Waals surface area contributed by atoms with Gasteiger partial charge in [-0.3, -0.25) is 4.98 Å². The highest BCUT2D eigenvalue weighted by Gasteiger charge is 2.20. The van der Waals surface area contributed by atoms with E-state index < -0.39 is 0 Å². The summed E-state index contributed by atoms with van der Waals surface area (Å²) in [6.07, 6.45) is 1.83. The molecular weight excluding hydrogens is 232 g/mol. The molecule has 2 aromatic heterocycles. The summed E-state index contributed by atoms with van der Waals surface area (Å²) >= 11 is 0. The first-order valence-corrected chi connectivity index (χ1v) is 6.80. The van der Waals surface area contributed by atoms with Crippen molar-refractivity contribution >= 4 is 0 Å². The molecule has 0 amide bonds. The Bertz CT molecular complexity index is 551. The lowest BCUT2D eigenvalue weighted by atomic mass is 9.84. The Morgan fingerprint density at radius 2 is 1.63 bits per heavy atom. The van der Waals surface area contributed by atoms with Crippen molar-refractivity contribution < 1.29 is 0 Å². The monoisotopic (exact) mass is 255 g/mol. The first kappa shape index (κ1) is 13.9. The Labute approximate surface area is 116 Å². The maximum absolute atomic E-state index is 4.86. The zero-order valence-corrected chi connectivity index (χ0v) is 12.8. The van der Waals surface area contributed by atoms with Gasteiger partial charge in [0.25, 0.3) is 0 Å². The van der Waals surface area contributed by atoms with Crippen LogP contribution in [0.25, 0.3) is 11.4 Å². The third-order valence-electron chi connectivity index (χ3n) is 3.25. The van der Waals surface area contributed by atoms with Gasteiger partial charge in [-0.25, -0.2) is 0 Å². The fourth-order valence-electron chi connectivity index (χ4n) is 2.07. The van der Waals surface area contributed by atoms with Crippen molar-refractivity contribution in [3.05, 3.63) is 41.7 Å². The van der Waals surface area contributed by atoms with Crippen LogP contribution in [0.3, 0.4) is 0 Å². The fraction of sp³-hybridized carbons (Fsp3) is 0.471. The molecule has 102 valence electrons. The molecule has 0 saturated carbocycles. The number of nitrogens with zero attached hydrogens (tertiary/aromatic N) is 2. The van der Waals surface area contributed by atoms with Gasteiger partial charge in [-0.15, -0.1) is 5.69 Å². The predicted octanol–water partition coefficient (Wildman–Crippen LogP) is 4.30. The molecule has 0 fully saturated rings. The van der Waals surface area contributed by atoms with E-state index in [0.717, 1.165) is 17.1 Å². The van der Waals surface area contributed by atoms with E-state index in [1.165, 1.54) is 5.56 Å². The first-order chi connectivity index (χ1) is 8.69. The van der Waals surface area contributed by atoms with Gasteiger partial charge < -0.3 is 4.98 Å². The van der Waals surface area contributed by atoms with Crippen LogP contribution in [-0.2, 0) is 10.8 Å². The Hall–Kier alpha value is -1.57. The van der Waals surface area contributed by atoms with Gasteiger partial charge in [0, 0.05) is 11.9 Å². The van der Waals surface area contributed by atoms with Gasteiger partial charge in [-0.2, -0.15) is 5.69 Å². The molecule has 2 rings (SSSR count). The minimum atomic E-state index is 0.0625. The lowest BCUT2D eigenvalue weighted by Crippen LogP contribution is -2.13. The summed E-state index contributed by atoms with van der Waals surface area (Å²) in [5.41, 5.74) is 4.53. The van der Waals surface area contributed by atoms with E-state index in [1.807, 2.05) is 24.4 Å². The predicted molar refractivity (Wildman–Crippen MR) is 80.4 cm³/mol. The van der Waals surface area contributed by atoms with E-state index in [9.17, 15) is 0 Å². The van der Waals surface area contributed by atoms with Crippen LogP contribution in [0.15, 0.2) is 30.5 Å². The highest BCUT2D eigenvalue weighted by molar-refractivity contribution is 5.62. The maximum atomic E-state index is 4.86. The van der Waals surface area contributed by atoms with Crippen molar-refractivity contribution in [3.63, 3.8) is 0 Å². The standard InChI is InChI=1S/C17H23N2/c1-16(2,3)12-11-14(17(4,5)6)19-15(12)13-9-7-8-10-18-13/h7-11H,1-6H3/q-1. The highest BCUT2D eigenvalue weighted by Crippen LogP contribution is 2.35. The van der Waals surface area contributed by atoms with Gasteiger partial charge in [0.15, 0.2) is 0 Å². The SMILES string of the molecule is CC(C)(C)c1cc(C(C)(C)C)c(-c2ccccn2)[n-]1. The molecule has 0 unspecified atom stereocenters. The number of hydrogen-bond acceptors (Lipinski definition) is 1. The van der Waals surface area contributed by atoms with Gasteiger partial charge in [-0.1, -0.05) is 59.2 Å².